The topological polar surface area (TPSA) is 110 Å². The van der Waals surface area contributed by atoms with Gasteiger partial charge in [-0.2, -0.15) is 0 Å². The lowest BCUT2D eigenvalue weighted by Gasteiger charge is -2.14. The van der Waals surface area contributed by atoms with E-state index in [4.69, 9.17) is 23.2 Å². The Morgan fingerprint density at radius 3 is 2.50 bits per heavy atom. The van der Waals surface area contributed by atoms with Crippen molar-refractivity contribution in [3.8, 4) is 0 Å². The molecule has 1 heterocycles. The molecule has 10 heteroatoms. The van der Waals surface area contributed by atoms with Crippen molar-refractivity contribution in [1.29, 1.82) is 0 Å². The van der Waals surface area contributed by atoms with Crippen LogP contribution in [0.4, 0.5) is 11.4 Å². The second kappa shape index (κ2) is 6.74. The molecular formula is C16H9Cl2N3O5. The van der Waals surface area contributed by atoms with Crippen LogP contribution in [0.2, 0.25) is 10.0 Å². The van der Waals surface area contributed by atoms with Crippen molar-refractivity contribution in [1.82, 2.24) is 4.90 Å². The van der Waals surface area contributed by atoms with Crippen molar-refractivity contribution >= 4 is 52.3 Å². The van der Waals surface area contributed by atoms with Crippen LogP contribution in [0.15, 0.2) is 36.4 Å². The number of nitro benzene ring substituents is 1. The second-order valence-corrected chi connectivity index (χ2v) is 6.09. The van der Waals surface area contributed by atoms with Gasteiger partial charge in [-0.05, 0) is 18.2 Å². The van der Waals surface area contributed by atoms with Gasteiger partial charge in [0.2, 0.25) is 5.91 Å². The van der Waals surface area contributed by atoms with E-state index < -0.39 is 34.9 Å². The lowest BCUT2D eigenvalue weighted by molar-refractivity contribution is -0.385. The quantitative estimate of drug-likeness (QED) is 0.487. The number of nitrogens with one attached hydrogen (secondary N) is 1. The Balaban J connectivity index is 1.83. The van der Waals surface area contributed by atoms with E-state index in [0.717, 1.165) is 6.07 Å². The first kappa shape index (κ1) is 17.8. The number of carbonyl (C=O) groups is 3. The molecule has 0 aliphatic carbocycles. The Labute approximate surface area is 156 Å². The van der Waals surface area contributed by atoms with E-state index in [2.05, 4.69) is 5.32 Å². The van der Waals surface area contributed by atoms with Crippen molar-refractivity contribution in [2.75, 3.05) is 11.9 Å². The molecule has 0 fully saturated rings. The Kier molecular flexibility index (Phi) is 4.62. The van der Waals surface area contributed by atoms with Crippen LogP contribution in [-0.4, -0.2) is 34.1 Å². The number of amides is 3. The Morgan fingerprint density at radius 1 is 1.12 bits per heavy atom. The SMILES string of the molecule is O=C(CN1C(=O)c2cccc([N+](=O)[O-])c2C1=O)Nc1cccc(Cl)c1Cl. The smallest absolute Gasteiger partial charge is 0.282 e. The number of benzene rings is 2. The predicted molar refractivity (Wildman–Crippen MR) is 93.6 cm³/mol. The maximum absolute atomic E-state index is 12.4. The summed E-state index contributed by atoms with van der Waals surface area (Å²) in [7, 11) is 0. The maximum Gasteiger partial charge on any atom is 0.282 e. The summed E-state index contributed by atoms with van der Waals surface area (Å²) in [5.41, 5.74) is -0.706. The van der Waals surface area contributed by atoms with Gasteiger partial charge in [0.15, 0.2) is 0 Å². The third kappa shape index (κ3) is 3.00. The molecule has 3 amide bonds. The fourth-order valence-corrected chi connectivity index (χ4v) is 2.89. The first-order valence-corrected chi connectivity index (χ1v) is 7.94. The number of nitrogens with zero attached hydrogens (tertiary/aromatic N) is 2. The lowest BCUT2D eigenvalue weighted by atomic mass is 10.1. The molecule has 0 radical (unpaired) electrons. The van der Waals surface area contributed by atoms with Crippen LogP contribution in [0, 0.1) is 10.1 Å². The lowest BCUT2D eigenvalue weighted by Crippen LogP contribution is -2.37. The van der Waals surface area contributed by atoms with E-state index in [1.165, 1.54) is 24.3 Å². The van der Waals surface area contributed by atoms with Gasteiger partial charge in [0.1, 0.15) is 12.1 Å². The minimum absolute atomic E-state index is 0.112. The first-order chi connectivity index (χ1) is 12.3. The average molecular weight is 394 g/mol. The number of rotatable bonds is 4. The molecule has 0 bridgehead atoms. The number of fused-ring (bicyclic) bond motifs is 1. The predicted octanol–water partition coefficient (Wildman–Crippen LogP) is 3.14. The summed E-state index contributed by atoms with van der Waals surface area (Å²) in [6.07, 6.45) is 0. The van der Waals surface area contributed by atoms with E-state index in [0.29, 0.717) is 4.90 Å². The van der Waals surface area contributed by atoms with E-state index >= 15 is 0 Å². The molecule has 3 rings (SSSR count). The molecule has 1 N–H and O–H groups in total. The minimum atomic E-state index is -0.898. The maximum atomic E-state index is 12.4. The highest BCUT2D eigenvalue weighted by molar-refractivity contribution is 6.44. The standard InChI is InChI=1S/C16H9Cl2N3O5/c17-9-4-2-5-10(14(9)18)19-12(22)7-20-15(23)8-3-1-6-11(21(25)26)13(8)16(20)24/h1-6H,7H2,(H,19,22). The van der Waals surface area contributed by atoms with Gasteiger partial charge in [0, 0.05) is 6.07 Å². The van der Waals surface area contributed by atoms with Crippen molar-refractivity contribution < 1.29 is 19.3 Å². The number of hydrogen-bond acceptors (Lipinski definition) is 5. The van der Waals surface area contributed by atoms with Crippen LogP contribution in [0.5, 0.6) is 0 Å². The van der Waals surface area contributed by atoms with E-state index in [1.807, 2.05) is 0 Å². The summed E-state index contributed by atoms with van der Waals surface area (Å²) in [5.74, 6) is -2.38. The van der Waals surface area contributed by atoms with Crippen LogP contribution in [0.25, 0.3) is 0 Å². The van der Waals surface area contributed by atoms with Crippen molar-refractivity contribution in [3.05, 3.63) is 67.7 Å². The Hall–Kier alpha value is -2.97. The summed E-state index contributed by atoms with van der Waals surface area (Å²) in [5, 5.41) is 13.9. The largest absolute Gasteiger partial charge is 0.323 e. The van der Waals surface area contributed by atoms with E-state index in [-0.39, 0.29) is 26.9 Å². The van der Waals surface area contributed by atoms with Gasteiger partial charge in [-0.1, -0.05) is 35.3 Å². The number of nitro groups is 1. The van der Waals surface area contributed by atoms with Gasteiger partial charge >= 0.3 is 0 Å². The molecule has 0 saturated heterocycles. The number of imide groups is 1. The first-order valence-electron chi connectivity index (χ1n) is 7.18. The number of hydrogen-bond donors (Lipinski definition) is 1. The highest BCUT2D eigenvalue weighted by Crippen LogP contribution is 2.31. The molecule has 0 saturated carbocycles. The zero-order valence-electron chi connectivity index (χ0n) is 12.9. The highest BCUT2D eigenvalue weighted by Gasteiger charge is 2.41. The fourth-order valence-electron chi connectivity index (χ4n) is 2.55. The van der Waals surface area contributed by atoms with Crippen LogP contribution in [0.1, 0.15) is 20.7 Å². The normalized spacial score (nSPS) is 12.9. The zero-order chi connectivity index (χ0) is 19.0. The molecule has 2 aromatic carbocycles. The average Bonchev–Trinajstić information content (AvgIpc) is 2.84. The highest BCUT2D eigenvalue weighted by atomic mass is 35.5. The van der Waals surface area contributed by atoms with Crippen LogP contribution < -0.4 is 5.32 Å². The summed E-state index contributed by atoms with van der Waals surface area (Å²) >= 11 is 11.8. The zero-order valence-corrected chi connectivity index (χ0v) is 14.4. The molecule has 132 valence electrons. The van der Waals surface area contributed by atoms with Crippen LogP contribution in [0.3, 0.4) is 0 Å². The number of halogens is 2. The van der Waals surface area contributed by atoms with Gasteiger partial charge in [-0.3, -0.25) is 29.4 Å². The van der Waals surface area contributed by atoms with Gasteiger partial charge in [-0.25, -0.2) is 0 Å². The summed E-state index contributed by atoms with van der Waals surface area (Å²) in [4.78, 5) is 47.9. The second-order valence-electron chi connectivity index (χ2n) is 5.30. The molecule has 2 aromatic rings. The Morgan fingerprint density at radius 2 is 1.81 bits per heavy atom. The van der Waals surface area contributed by atoms with Gasteiger partial charge in [0.25, 0.3) is 17.5 Å². The molecule has 1 aliphatic heterocycles. The molecule has 0 spiro atoms. The number of carbonyl (C=O) groups excluding carboxylic acids is 3. The van der Waals surface area contributed by atoms with Crippen LogP contribution >= 0.6 is 23.2 Å². The monoisotopic (exact) mass is 393 g/mol. The van der Waals surface area contributed by atoms with Crippen molar-refractivity contribution in [2.24, 2.45) is 0 Å². The van der Waals surface area contributed by atoms with Gasteiger partial charge in [0.05, 0.1) is 26.2 Å². The van der Waals surface area contributed by atoms with Crippen LogP contribution in [-0.2, 0) is 4.79 Å². The third-order valence-electron chi connectivity index (χ3n) is 3.70. The molecule has 8 nitrogen and oxygen atoms in total. The summed E-state index contributed by atoms with van der Waals surface area (Å²) < 4.78 is 0. The fraction of sp³-hybridized carbons (Fsp3) is 0.0625. The molecule has 1 aliphatic rings. The number of anilines is 1. The summed E-state index contributed by atoms with van der Waals surface area (Å²) in [6, 6.07) is 8.32. The van der Waals surface area contributed by atoms with E-state index in [9.17, 15) is 24.5 Å². The third-order valence-corrected chi connectivity index (χ3v) is 4.52. The van der Waals surface area contributed by atoms with Crippen molar-refractivity contribution in [2.45, 2.75) is 0 Å². The minimum Gasteiger partial charge on any atom is -0.323 e. The van der Waals surface area contributed by atoms with E-state index in [1.54, 1.807) is 6.07 Å². The Bertz CT molecular complexity index is 976. The van der Waals surface area contributed by atoms with Crippen molar-refractivity contribution in [3.63, 3.8) is 0 Å². The summed E-state index contributed by atoms with van der Waals surface area (Å²) in [6.45, 7) is -0.619. The molecule has 0 unspecified atom stereocenters. The molecule has 0 aromatic heterocycles. The van der Waals surface area contributed by atoms with Gasteiger partial charge < -0.3 is 5.32 Å². The molecule has 26 heavy (non-hydrogen) atoms. The molecular weight excluding hydrogens is 385 g/mol. The van der Waals surface area contributed by atoms with Gasteiger partial charge in [-0.15, -0.1) is 0 Å². The molecule has 0 atom stereocenters.